The molecule has 2 rings (SSSR count). The van der Waals surface area contributed by atoms with E-state index in [0.29, 0.717) is 11.6 Å². The molecule has 0 radical (unpaired) electrons. The van der Waals surface area contributed by atoms with Crippen molar-refractivity contribution in [2.75, 3.05) is 0 Å². The fourth-order valence-corrected chi connectivity index (χ4v) is 2.60. The summed E-state index contributed by atoms with van der Waals surface area (Å²) < 4.78 is 0. The van der Waals surface area contributed by atoms with Crippen molar-refractivity contribution in [3.05, 3.63) is 35.4 Å². The maximum atomic E-state index is 12.2. The number of hydrogen-bond acceptors (Lipinski definition) is 2. The Hall–Kier alpha value is -1.82. The number of benzene rings is 1. The first-order chi connectivity index (χ1) is 9.20. The number of amides is 1. The minimum absolute atomic E-state index is 0.0713. The average Bonchev–Trinajstić information content (AvgIpc) is 2.47. The fourth-order valence-electron chi connectivity index (χ4n) is 2.60. The highest BCUT2D eigenvalue weighted by Gasteiger charge is 2.20. The smallest absolute Gasteiger partial charge is 0.227 e. The molecule has 1 fully saturated rings. The lowest BCUT2D eigenvalue weighted by Gasteiger charge is -2.24. The van der Waals surface area contributed by atoms with Gasteiger partial charge >= 0.3 is 0 Å². The summed E-state index contributed by atoms with van der Waals surface area (Å²) in [7, 11) is 0. The van der Waals surface area contributed by atoms with Crippen LogP contribution in [-0.2, 0) is 4.79 Å². The summed E-state index contributed by atoms with van der Waals surface area (Å²) in [6.45, 7) is 1.90. The molecule has 1 saturated carbocycles. The molecule has 19 heavy (non-hydrogen) atoms. The minimum atomic E-state index is -0.199. The number of nitriles is 1. The van der Waals surface area contributed by atoms with E-state index in [1.54, 1.807) is 12.1 Å². The second-order valence-corrected chi connectivity index (χ2v) is 5.30. The van der Waals surface area contributed by atoms with Crippen molar-refractivity contribution < 1.29 is 4.79 Å². The van der Waals surface area contributed by atoms with Crippen LogP contribution in [0.4, 0.5) is 0 Å². The predicted octanol–water partition coefficient (Wildman–Crippen LogP) is 3.11. The van der Waals surface area contributed by atoms with Crippen molar-refractivity contribution in [3.63, 3.8) is 0 Å². The van der Waals surface area contributed by atoms with Crippen LogP contribution in [0.1, 0.15) is 56.1 Å². The first kappa shape index (κ1) is 13.6. The van der Waals surface area contributed by atoms with Crippen LogP contribution in [0.5, 0.6) is 0 Å². The van der Waals surface area contributed by atoms with Gasteiger partial charge < -0.3 is 5.32 Å². The highest BCUT2D eigenvalue weighted by Crippen LogP contribution is 2.20. The summed E-state index contributed by atoms with van der Waals surface area (Å²) in [5.74, 6) is -0.128. The molecule has 1 aliphatic carbocycles. The predicted molar refractivity (Wildman–Crippen MR) is 74.6 cm³/mol. The lowest BCUT2D eigenvalue weighted by atomic mass is 9.93. The van der Waals surface area contributed by atoms with Crippen molar-refractivity contribution >= 4 is 5.91 Å². The lowest BCUT2D eigenvalue weighted by molar-refractivity contribution is -0.123. The van der Waals surface area contributed by atoms with Crippen molar-refractivity contribution in [1.82, 2.24) is 5.32 Å². The molecule has 3 nitrogen and oxygen atoms in total. The summed E-state index contributed by atoms with van der Waals surface area (Å²) in [6, 6.07) is 9.74. The zero-order valence-corrected chi connectivity index (χ0v) is 11.4. The van der Waals surface area contributed by atoms with Gasteiger partial charge in [0.15, 0.2) is 0 Å². The molecule has 3 heteroatoms. The van der Waals surface area contributed by atoms with E-state index in [1.165, 1.54) is 19.3 Å². The van der Waals surface area contributed by atoms with Gasteiger partial charge in [-0.15, -0.1) is 0 Å². The third-order valence-electron chi connectivity index (χ3n) is 3.86. The second kappa shape index (κ2) is 6.38. The Morgan fingerprint density at radius 3 is 2.79 bits per heavy atom. The normalized spacial score (nSPS) is 17.5. The van der Waals surface area contributed by atoms with Crippen LogP contribution in [0.25, 0.3) is 0 Å². The molecule has 1 aliphatic rings. The summed E-state index contributed by atoms with van der Waals surface area (Å²) >= 11 is 0. The Bertz CT molecular complexity index is 484. The van der Waals surface area contributed by atoms with E-state index in [4.69, 9.17) is 5.26 Å². The molecule has 0 saturated heterocycles. The van der Waals surface area contributed by atoms with Gasteiger partial charge in [0.25, 0.3) is 0 Å². The van der Waals surface area contributed by atoms with E-state index in [1.807, 2.05) is 19.1 Å². The van der Waals surface area contributed by atoms with Crippen LogP contribution in [0.3, 0.4) is 0 Å². The maximum absolute atomic E-state index is 12.2. The Kier molecular flexibility index (Phi) is 4.57. The quantitative estimate of drug-likeness (QED) is 0.903. The van der Waals surface area contributed by atoms with Crippen LogP contribution in [0.15, 0.2) is 24.3 Å². The molecule has 1 atom stereocenters. The molecule has 1 aromatic rings. The molecular weight excluding hydrogens is 236 g/mol. The van der Waals surface area contributed by atoms with Crippen LogP contribution in [-0.4, -0.2) is 11.9 Å². The lowest BCUT2D eigenvalue weighted by Crippen LogP contribution is -2.38. The largest absolute Gasteiger partial charge is 0.353 e. The van der Waals surface area contributed by atoms with Crippen LogP contribution in [0.2, 0.25) is 0 Å². The molecular formula is C16H20N2O. The number of carbonyl (C=O) groups is 1. The van der Waals surface area contributed by atoms with Gasteiger partial charge in [-0.25, -0.2) is 0 Å². The molecule has 1 aromatic carbocycles. The van der Waals surface area contributed by atoms with Crippen molar-refractivity contribution in [3.8, 4) is 6.07 Å². The van der Waals surface area contributed by atoms with Gasteiger partial charge in [0.1, 0.15) is 0 Å². The third-order valence-corrected chi connectivity index (χ3v) is 3.86. The van der Waals surface area contributed by atoms with E-state index >= 15 is 0 Å². The van der Waals surface area contributed by atoms with Crippen LogP contribution < -0.4 is 5.32 Å². The van der Waals surface area contributed by atoms with Gasteiger partial charge in [0.2, 0.25) is 5.91 Å². The van der Waals surface area contributed by atoms with Gasteiger partial charge in [0.05, 0.1) is 17.6 Å². The van der Waals surface area contributed by atoms with Gasteiger partial charge in [0, 0.05) is 6.04 Å². The summed E-state index contributed by atoms with van der Waals surface area (Å²) in [5, 5.41) is 12.0. The van der Waals surface area contributed by atoms with E-state index in [0.717, 1.165) is 18.4 Å². The summed E-state index contributed by atoms with van der Waals surface area (Å²) in [6.07, 6.45) is 5.89. The Morgan fingerprint density at radius 1 is 1.37 bits per heavy atom. The van der Waals surface area contributed by atoms with Crippen molar-refractivity contribution in [2.45, 2.75) is 51.0 Å². The monoisotopic (exact) mass is 256 g/mol. The van der Waals surface area contributed by atoms with Gasteiger partial charge in [-0.05, 0) is 37.5 Å². The van der Waals surface area contributed by atoms with Gasteiger partial charge in [-0.2, -0.15) is 5.26 Å². The molecule has 1 unspecified atom stereocenters. The van der Waals surface area contributed by atoms with Crippen molar-refractivity contribution in [2.24, 2.45) is 0 Å². The standard InChI is InChI=1S/C16H20N2O/c1-12(14-7-5-6-13(10-14)11-17)16(19)18-15-8-3-2-4-9-15/h5-7,10,12,15H,2-4,8-9H2,1H3,(H,18,19). The molecule has 0 aliphatic heterocycles. The van der Waals surface area contributed by atoms with Gasteiger partial charge in [-0.3, -0.25) is 4.79 Å². The summed E-state index contributed by atoms with van der Waals surface area (Å²) in [5.41, 5.74) is 1.52. The highest BCUT2D eigenvalue weighted by molar-refractivity contribution is 5.83. The van der Waals surface area contributed by atoms with E-state index in [-0.39, 0.29) is 11.8 Å². The second-order valence-electron chi connectivity index (χ2n) is 5.30. The highest BCUT2D eigenvalue weighted by atomic mass is 16.1. The third kappa shape index (κ3) is 3.57. The van der Waals surface area contributed by atoms with E-state index < -0.39 is 0 Å². The first-order valence-corrected chi connectivity index (χ1v) is 7.01. The number of nitrogens with one attached hydrogen (secondary N) is 1. The first-order valence-electron chi connectivity index (χ1n) is 7.01. The Morgan fingerprint density at radius 2 is 2.11 bits per heavy atom. The maximum Gasteiger partial charge on any atom is 0.227 e. The van der Waals surface area contributed by atoms with Crippen LogP contribution >= 0.6 is 0 Å². The average molecular weight is 256 g/mol. The number of hydrogen-bond donors (Lipinski definition) is 1. The van der Waals surface area contributed by atoms with Crippen LogP contribution in [0, 0.1) is 11.3 Å². The molecule has 0 heterocycles. The molecule has 1 N–H and O–H groups in total. The Balaban J connectivity index is 1.99. The number of nitrogens with zero attached hydrogens (tertiary/aromatic N) is 1. The van der Waals surface area contributed by atoms with Crippen molar-refractivity contribution in [1.29, 1.82) is 5.26 Å². The summed E-state index contributed by atoms with van der Waals surface area (Å²) in [4.78, 5) is 12.2. The molecule has 1 amide bonds. The number of rotatable bonds is 3. The number of carbonyl (C=O) groups excluding carboxylic acids is 1. The van der Waals surface area contributed by atoms with E-state index in [2.05, 4.69) is 11.4 Å². The molecule has 0 bridgehead atoms. The molecule has 0 aromatic heterocycles. The topological polar surface area (TPSA) is 52.9 Å². The fraction of sp³-hybridized carbons (Fsp3) is 0.500. The SMILES string of the molecule is CC(C(=O)NC1CCCCC1)c1cccc(C#N)c1. The molecule has 0 spiro atoms. The molecule has 100 valence electrons. The van der Waals surface area contributed by atoms with Gasteiger partial charge in [-0.1, -0.05) is 31.4 Å². The zero-order chi connectivity index (χ0) is 13.7. The minimum Gasteiger partial charge on any atom is -0.353 e. The van der Waals surface area contributed by atoms with E-state index in [9.17, 15) is 4.79 Å². The Labute approximate surface area is 114 Å². The zero-order valence-electron chi connectivity index (χ0n) is 11.4.